The van der Waals surface area contributed by atoms with Crippen LogP contribution in [0.25, 0.3) is 5.78 Å². The van der Waals surface area contributed by atoms with Gasteiger partial charge in [-0.05, 0) is 33.8 Å². The van der Waals surface area contributed by atoms with Gasteiger partial charge in [-0.3, -0.25) is 4.79 Å². The van der Waals surface area contributed by atoms with E-state index in [0.29, 0.717) is 10.9 Å². The molecule has 6 heteroatoms. The number of carbonyl (C=O) groups is 1. The second-order valence-electron chi connectivity index (χ2n) is 4.02. The molecule has 0 spiro atoms. The molecule has 1 unspecified atom stereocenters. The molecule has 0 N–H and O–H groups in total. The summed E-state index contributed by atoms with van der Waals surface area (Å²) in [6.07, 6.45) is 0. The molecular formula is C11H14N4OS. The van der Waals surface area contributed by atoms with Gasteiger partial charge in [0.05, 0.1) is 5.25 Å². The lowest BCUT2D eigenvalue weighted by Gasteiger charge is -2.01. The number of fused-ring (bicyclic) bond motifs is 1. The standard InChI is InChI=1S/C11H14N4OS/c1-6-5-7(2)15-10(12-6)13-11(14-15)17-9(4)8(3)16/h5,9H,1-4H3. The van der Waals surface area contributed by atoms with E-state index in [9.17, 15) is 4.79 Å². The minimum atomic E-state index is -0.131. The van der Waals surface area contributed by atoms with Gasteiger partial charge in [0, 0.05) is 11.4 Å². The van der Waals surface area contributed by atoms with Crippen LogP contribution >= 0.6 is 11.8 Å². The van der Waals surface area contributed by atoms with Crippen LogP contribution in [0.4, 0.5) is 0 Å². The minimum absolute atomic E-state index is 0.120. The molecule has 0 aliphatic rings. The molecule has 17 heavy (non-hydrogen) atoms. The molecule has 0 bridgehead atoms. The minimum Gasteiger partial charge on any atom is -0.299 e. The van der Waals surface area contributed by atoms with Gasteiger partial charge < -0.3 is 0 Å². The molecule has 2 aromatic heterocycles. The number of hydrogen-bond donors (Lipinski definition) is 0. The van der Waals surface area contributed by atoms with Crippen LogP contribution in [0.2, 0.25) is 0 Å². The van der Waals surface area contributed by atoms with Crippen molar-refractivity contribution < 1.29 is 4.79 Å². The number of rotatable bonds is 3. The van der Waals surface area contributed by atoms with Gasteiger partial charge in [-0.25, -0.2) is 9.50 Å². The molecule has 2 aromatic rings. The van der Waals surface area contributed by atoms with E-state index in [4.69, 9.17) is 0 Å². The Morgan fingerprint density at radius 1 is 1.41 bits per heavy atom. The lowest BCUT2D eigenvalue weighted by atomic mass is 10.3. The summed E-state index contributed by atoms with van der Waals surface area (Å²) in [5.41, 5.74) is 1.90. The SMILES string of the molecule is CC(=O)C(C)Sc1nc2nc(C)cc(C)n2n1. The molecule has 0 aliphatic carbocycles. The van der Waals surface area contributed by atoms with E-state index >= 15 is 0 Å². The van der Waals surface area contributed by atoms with E-state index < -0.39 is 0 Å². The fraction of sp³-hybridized carbons (Fsp3) is 0.455. The zero-order valence-electron chi connectivity index (χ0n) is 10.3. The first-order valence-electron chi connectivity index (χ1n) is 5.35. The molecule has 2 heterocycles. The monoisotopic (exact) mass is 250 g/mol. The Kier molecular flexibility index (Phi) is 3.15. The van der Waals surface area contributed by atoms with Gasteiger partial charge in [0.2, 0.25) is 5.16 Å². The van der Waals surface area contributed by atoms with Crippen LogP contribution in [0.5, 0.6) is 0 Å². The molecule has 90 valence electrons. The topological polar surface area (TPSA) is 60.2 Å². The molecule has 0 radical (unpaired) electrons. The highest BCUT2D eigenvalue weighted by Crippen LogP contribution is 2.20. The van der Waals surface area contributed by atoms with Crippen LogP contribution in [-0.4, -0.2) is 30.6 Å². The highest BCUT2D eigenvalue weighted by Gasteiger charge is 2.14. The van der Waals surface area contributed by atoms with E-state index in [0.717, 1.165) is 11.4 Å². The smallest absolute Gasteiger partial charge is 0.253 e. The van der Waals surface area contributed by atoms with Crippen molar-refractivity contribution in [3.05, 3.63) is 17.5 Å². The second kappa shape index (κ2) is 4.44. The van der Waals surface area contributed by atoms with Gasteiger partial charge in [0.1, 0.15) is 5.78 Å². The molecule has 1 atom stereocenters. The zero-order chi connectivity index (χ0) is 12.6. The zero-order valence-corrected chi connectivity index (χ0v) is 11.1. The van der Waals surface area contributed by atoms with E-state index in [1.807, 2.05) is 26.8 Å². The molecule has 0 saturated carbocycles. The Hall–Kier alpha value is -1.43. The summed E-state index contributed by atoms with van der Waals surface area (Å²) < 4.78 is 1.70. The normalized spacial score (nSPS) is 12.9. The number of ketones is 1. The summed E-state index contributed by atoms with van der Waals surface area (Å²) in [5.74, 6) is 0.704. The number of nitrogens with zero attached hydrogens (tertiary/aromatic N) is 4. The summed E-state index contributed by atoms with van der Waals surface area (Å²) in [4.78, 5) is 19.8. The number of aromatic nitrogens is 4. The summed E-state index contributed by atoms with van der Waals surface area (Å²) in [7, 11) is 0. The lowest BCUT2D eigenvalue weighted by Crippen LogP contribution is -2.08. The summed E-state index contributed by atoms with van der Waals surface area (Å²) in [6.45, 7) is 7.30. The van der Waals surface area contributed by atoms with E-state index in [-0.39, 0.29) is 11.0 Å². The molecule has 2 rings (SSSR count). The number of hydrogen-bond acceptors (Lipinski definition) is 5. The van der Waals surface area contributed by atoms with Crippen molar-refractivity contribution >= 4 is 23.3 Å². The number of Topliss-reactive ketones (excluding diaryl/α,β-unsaturated/α-hetero) is 1. The van der Waals surface area contributed by atoms with Gasteiger partial charge in [-0.2, -0.15) is 4.98 Å². The Morgan fingerprint density at radius 3 is 2.76 bits per heavy atom. The van der Waals surface area contributed by atoms with Crippen molar-refractivity contribution in [3.8, 4) is 0 Å². The Labute approximate surface area is 104 Å². The third kappa shape index (κ3) is 2.46. The van der Waals surface area contributed by atoms with Crippen molar-refractivity contribution in [3.63, 3.8) is 0 Å². The summed E-state index contributed by atoms with van der Waals surface area (Å²) >= 11 is 1.36. The van der Waals surface area contributed by atoms with Gasteiger partial charge in [0.25, 0.3) is 5.78 Å². The number of thioether (sulfide) groups is 1. The highest BCUT2D eigenvalue weighted by molar-refractivity contribution is 8.00. The highest BCUT2D eigenvalue weighted by atomic mass is 32.2. The summed E-state index contributed by atoms with van der Waals surface area (Å²) in [5, 5.41) is 4.79. The maximum absolute atomic E-state index is 11.2. The summed E-state index contributed by atoms with van der Waals surface area (Å²) in [6, 6.07) is 1.95. The van der Waals surface area contributed by atoms with Gasteiger partial charge in [-0.15, -0.1) is 5.10 Å². The first-order valence-corrected chi connectivity index (χ1v) is 6.23. The first kappa shape index (κ1) is 12.0. The maximum atomic E-state index is 11.2. The third-order valence-electron chi connectivity index (χ3n) is 2.45. The number of aryl methyl sites for hydroxylation is 2. The molecule has 0 fully saturated rings. The van der Waals surface area contributed by atoms with Crippen molar-refractivity contribution in [1.82, 2.24) is 19.6 Å². The molecule has 0 saturated heterocycles. The van der Waals surface area contributed by atoms with Gasteiger partial charge >= 0.3 is 0 Å². The van der Waals surface area contributed by atoms with Gasteiger partial charge in [-0.1, -0.05) is 11.8 Å². The fourth-order valence-corrected chi connectivity index (χ4v) is 2.18. The molecule has 0 aliphatic heterocycles. The molecule has 0 amide bonds. The van der Waals surface area contributed by atoms with Crippen LogP contribution in [0.15, 0.2) is 11.2 Å². The molecule has 5 nitrogen and oxygen atoms in total. The van der Waals surface area contributed by atoms with E-state index in [2.05, 4.69) is 15.1 Å². The van der Waals surface area contributed by atoms with Crippen molar-refractivity contribution in [1.29, 1.82) is 0 Å². The van der Waals surface area contributed by atoms with E-state index in [1.165, 1.54) is 11.8 Å². The third-order valence-corrected chi connectivity index (χ3v) is 3.52. The van der Waals surface area contributed by atoms with Crippen molar-refractivity contribution in [2.24, 2.45) is 0 Å². The average Bonchev–Trinajstić information content (AvgIpc) is 2.60. The fourth-order valence-electron chi connectivity index (χ4n) is 1.44. The number of carbonyl (C=O) groups excluding carboxylic acids is 1. The molecule has 0 aromatic carbocycles. The predicted molar refractivity (Wildman–Crippen MR) is 66.3 cm³/mol. The average molecular weight is 250 g/mol. The Bertz CT molecular complexity index is 578. The predicted octanol–water partition coefficient (Wildman–Crippen LogP) is 1.81. The lowest BCUT2D eigenvalue weighted by molar-refractivity contribution is -0.116. The first-order chi connectivity index (χ1) is 7.97. The van der Waals surface area contributed by atoms with Crippen LogP contribution in [-0.2, 0) is 4.79 Å². The quantitative estimate of drug-likeness (QED) is 0.777. The molecular weight excluding hydrogens is 236 g/mol. The second-order valence-corrected chi connectivity index (χ2v) is 5.32. The van der Waals surface area contributed by atoms with Crippen LogP contribution in [0, 0.1) is 13.8 Å². The van der Waals surface area contributed by atoms with E-state index in [1.54, 1.807) is 11.4 Å². The van der Waals surface area contributed by atoms with Gasteiger partial charge in [0.15, 0.2) is 0 Å². The van der Waals surface area contributed by atoms with Crippen LogP contribution in [0.1, 0.15) is 25.2 Å². The van der Waals surface area contributed by atoms with Crippen LogP contribution < -0.4 is 0 Å². The van der Waals surface area contributed by atoms with Crippen molar-refractivity contribution in [2.75, 3.05) is 0 Å². The van der Waals surface area contributed by atoms with Crippen molar-refractivity contribution in [2.45, 2.75) is 38.1 Å². The Balaban J connectivity index is 2.38. The van der Waals surface area contributed by atoms with Crippen LogP contribution in [0.3, 0.4) is 0 Å². The Morgan fingerprint density at radius 2 is 2.12 bits per heavy atom. The maximum Gasteiger partial charge on any atom is 0.253 e. The largest absolute Gasteiger partial charge is 0.299 e.